The van der Waals surface area contributed by atoms with Crippen LogP contribution in [-0.4, -0.2) is 42.4 Å². The van der Waals surface area contributed by atoms with Crippen LogP contribution >= 0.6 is 0 Å². The highest BCUT2D eigenvalue weighted by Gasteiger charge is 2.13. The van der Waals surface area contributed by atoms with Crippen molar-refractivity contribution in [3.05, 3.63) is 35.4 Å². The summed E-state index contributed by atoms with van der Waals surface area (Å²) >= 11 is 0. The minimum atomic E-state index is 0.178. The van der Waals surface area contributed by atoms with Gasteiger partial charge in [-0.25, -0.2) is 0 Å². The molecule has 0 saturated carbocycles. The molecule has 0 heterocycles. The first-order chi connectivity index (χ1) is 9.12. The van der Waals surface area contributed by atoms with Gasteiger partial charge in [0, 0.05) is 26.2 Å². The number of nitrogens with two attached hydrogens (primary N) is 1. The molecule has 0 atom stereocenters. The van der Waals surface area contributed by atoms with Gasteiger partial charge in [0.05, 0.1) is 6.54 Å². The smallest absolute Gasteiger partial charge is 0.236 e. The molecule has 4 heteroatoms. The van der Waals surface area contributed by atoms with E-state index in [0.717, 1.165) is 25.2 Å². The van der Waals surface area contributed by atoms with Crippen LogP contribution in [0.1, 0.15) is 25.0 Å². The van der Waals surface area contributed by atoms with E-state index in [4.69, 9.17) is 5.73 Å². The molecule has 0 aromatic heterocycles. The van der Waals surface area contributed by atoms with Gasteiger partial charge in [-0.1, -0.05) is 24.3 Å². The summed E-state index contributed by atoms with van der Waals surface area (Å²) in [7, 11) is 1.97. The van der Waals surface area contributed by atoms with Crippen LogP contribution in [0, 0.1) is 0 Å². The summed E-state index contributed by atoms with van der Waals surface area (Å²) in [5.41, 5.74) is 8.06. The van der Waals surface area contributed by atoms with Crippen LogP contribution in [0.5, 0.6) is 0 Å². The van der Waals surface area contributed by atoms with Crippen molar-refractivity contribution in [3.8, 4) is 0 Å². The first-order valence-electron chi connectivity index (χ1n) is 6.85. The molecule has 0 bridgehead atoms. The van der Waals surface area contributed by atoms with Crippen molar-refractivity contribution in [2.75, 3.05) is 26.7 Å². The zero-order valence-corrected chi connectivity index (χ0v) is 12.2. The Morgan fingerprint density at radius 3 is 2.26 bits per heavy atom. The van der Waals surface area contributed by atoms with Gasteiger partial charge in [0.15, 0.2) is 0 Å². The molecule has 0 saturated heterocycles. The van der Waals surface area contributed by atoms with E-state index < -0.39 is 0 Å². The highest BCUT2D eigenvalue weighted by Crippen LogP contribution is 2.10. The Morgan fingerprint density at radius 2 is 1.74 bits per heavy atom. The maximum atomic E-state index is 12.0. The van der Waals surface area contributed by atoms with E-state index in [1.807, 2.05) is 48.9 Å². The predicted octanol–water partition coefficient (Wildman–Crippen LogP) is 1.45. The number of carbonyl (C=O) groups excluding carboxylic acids is 1. The molecule has 0 fully saturated rings. The molecule has 2 N–H and O–H groups in total. The number of hydrogen-bond donors (Lipinski definition) is 1. The fraction of sp³-hybridized carbons (Fsp3) is 0.533. The number of nitrogens with zero attached hydrogens (tertiary/aromatic N) is 2. The third-order valence-corrected chi connectivity index (χ3v) is 3.30. The Balaban J connectivity index is 2.60. The molecule has 0 spiro atoms. The molecular weight excluding hydrogens is 238 g/mol. The summed E-state index contributed by atoms with van der Waals surface area (Å²) in [5.74, 6) is 0.178. The van der Waals surface area contributed by atoms with Gasteiger partial charge in [-0.2, -0.15) is 0 Å². The molecule has 1 aromatic carbocycles. The van der Waals surface area contributed by atoms with Gasteiger partial charge in [0.2, 0.25) is 5.91 Å². The molecule has 19 heavy (non-hydrogen) atoms. The summed E-state index contributed by atoms with van der Waals surface area (Å²) in [5, 5.41) is 0. The lowest BCUT2D eigenvalue weighted by atomic mass is 10.1. The average Bonchev–Trinajstić information content (AvgIpc) is 2.40. The molecule has 0 aliphatic rings. The van der Waals surface area contributed by atoms with Crippen molar-refractivity contribution in [3.63, 3.8) is 0 Å². The second-order valence-corrected chi connectivity index (χ2v) is 4.71. The van der Waals surface area contributed by atoms with Crippen LogP contribution in [0.3, 0.4) is 0 Å². The van der Waals surface area contributed by atoms with Gasteiger partial charge in [-0.05, 0) is 32.0 Å². The predicted molar refractivity (Wildman–Crippen MR) is 78.6 cm³/mol. The van der Waals surface area contributed by atoms with E-state index in [1.165, 1.54) is 5.56 Å². The van der Waals surface area contributed by atoms with Crippen molar-refractivity contribution >= 4 is 5.91 Å². The first-order valence-corrected chi connectivity index (χ1v) is 6.85. The minimum absolute atomic E-state index is 0.178. The third kappa shape index (κ3) is 4.65. The Hall–Kier alpha value is -1.39. The molecule has 106 valence electrons. The zero-order valence-electron chi connectivity index (χ0n) is 12.2. The maximum absolute atomic E-state index is 12.0. The SMILES string of the molecule is CCN(CC)C(=O)CN(C)Cc1ccccc1CN. The fourth-order valence-electron chi connectivity index (χ4n) is 2.16. The van der Waals surface area contributed by atoms with Crippen LogP contribution in [0.25, 0.3) is 0 Å². The average molecular weight is 263 g/mol. The molecule has 1 amide bonds. The van der Waals surface area contributed by atoms with E-state index in [-0.39, 0.29) is 5.91 Å². The minimum Gasteiger partial charge on any atom is -0.342 e. The second kappa shape index (κ2) is 7.92. The van der Waals surface area contributed by atoms with Crippen LogP contribution in [0.4, 0.5) is 0 Å². The molecule has 0 aliphatic heterocycles. The Morgan fingerprint density at radius 1 is 1.16 bits per heavy atom. The molecule has 1 rings (SSSR count). The first kappa shape index (κ1) is 15.7. The number of benzene rings is 1. The monoisotopic (exact) mass is 263 g/mol. The number of rotatable bonds is 7. The quantitative estimate of drug-likeness (QED) is 0.810. The summed E-state index contributed by atoms with van der Waals surface area (Å²) in [6.45, 7) is 7.27. The lowest BCUT2D eigenvalue weighted by Gasteiger charge is -2.23. The number of likely N-dealkylation sites (N-methyl/N-ethyl adjacent to an activating group) is 2. The van der Waals surface area contributed by atoms with E-state index in [9.17, 15) is 4.79 Å². The highest BCUT2D eigenvalue weighted by molar-refractivity contribution is 5.78. The molecule has 1 aromatic rings. The molecule has 4 nitrogen and oxygen atoms in total. The zero-order chi connectivity index (χ0) is 14.3. The van der Waals surface area contributed by atoms with Crippen molar-refractivity contribution in [2.45, 2.75) is 26.9 Å². The molecule has 0 aliphatic carbocycles. The Bertz CT molecular complexity index is 402. The third-order valence-electron chi connectivity index (χ3n) is 3.30. The maximum Gasteiger partial charge on any atom is 0.236 e. The summed E-state index contributed by atoms with van der Waals surface area (Å²) in [6.07, 6.45) is 0. The van der Waals surface area contributed by atoms with E-state index in [0.29, 0.717) is 13.1 Å². The number of carbonyl (C=O) groups is 1. The van der Waals surface area contributed by atoms with Crippen molar-refractivity contribution in [2.24, 2.45) is 5.73 Å². The van der Waals surface area contributed by atoms with Gasteiger partial charge in [0.25, 0.3) is 0 Å². The molecular formula is C15H25N3O. The van der Waals surface area contributed by atoms with Crippen LogP contribution in [-0.2, 0) is 17.9 Å². The lowest BCUT2D eigenvalue weighted by Crippen LogP contribution is -2.38. The standard InChI is InChI=1S/C15H25N3O/c1-4-18(5-2)15(19)12-17(3)11-14-9-7-6-8-13(14)10-16/h6-9H,4-5,10-12,16H2,1-3H3. The number of amides is 1. The largest absolute Gasteiger partial charge is 0.342 e. The highest BCUT2D eigenvalue weighted by atomic mass is 16.2. The summed E-state index contributed by atoms with van der Waals surface area (Å²) < 4.78 is 0. The van der Waals surface area contributed by atoms with Crippen molar-refractivity contribution < 1.29 is 4.79 Å². The van der Waals surface area contributed by atoms with Crippen LogP contribution in [0.15, 0.2) is 24.3 Å². The molecule has 0 unspecified atom stereocenters. The van der Waals surface area contributed by atoms with Gasteiger partial charge in [-0.3, -0.25) is 9.69 Å². The Kier molecular flexibility index (Phi) is 6.53. The molecule has 0 radical (unpaired) electrons. The topological polar surface area (TPSA) is 49.6 Å². The normalized spacial score (nSPS) is 10.8. The van der Waals surface area contributed by atoms with Gasteiger partial charge >= 0.3 is 0 Å². The van der Waals surface area contributed by atoms with Gasteiger partial charge < -0.3 is 10.6 Å². The van der Waals surface area contributed by atoms with E-state index >= 15 is 0 Å². The lowest BCUT2D eigenvalue weighted by molar-refractivity contribution is -0.131. The van der Waals surface area contributed by atoms with Crippen LogP contribution in [0.2, 0.25) is 0 Å². The van der Waals surface area contributed by atoms with E-state index in [1.54, 1.807) is 0 Å². The second-order valence-electron chi connectivity index (χ2n) is 4.71. The van der Waals surface area contributed by atoms with E-state index in [2.05, 4.69) is 6.07 Å². The van der Waals surface area contributed by atoms with Gasteiger partial charge in [0.1, 0.15) is 0 Å². The van der Waals surface area contributed by atoms with Crippen LogP contribution < -0.4 is 5.73 Å². The Labute approximate surface area is 116 Å². The number of hydrogen-bond acceptors (Lipinski definition) is 3. The summed E-state index contributed by atoms with van der Waals surface area (Å²) in [4.78, 5) is 15.9. The van der Waals surface area contributed by atoms with Crippen molar-refractivity contribution in [1.82, 2.24) is 9.80 Å². The summed E-state index contributed by atoms with van der Waals surface area (Å²) in [6, 6.07) is 8.11. The van der Waals surface area contributed by atoms with Gasteiger partial charge in [-0.15, -0.1) is 0 Å². The van der Waals surface area contributed by atoms with Crippen molar-refractivity contribution in [1.29, 1.82) is 0 Å². The fourth-order valence-corrected chi connectivity index (χ4v) is 2.16.